The minimum atomic E-state index is 0.322. The normalized spacial score (nSPS) is 25.4. The minimum absolute atomic E-state index is 0.322. The molecule has 4 heteroatoms. The molecule has 0 spiro atoms. The molecule has 0 radical (unpaired) electrons. The highest BCUT2D eigenvalue weighted by Gasteiger charge is 2.21. The molecule has 2 aliphatic rings. The number of amides is 1. The maximum atomic E-state index is 11.5. The molecule has 0 bridgehead atoms. The fourth-order valence-electron chi connectivity index (χ4n) is 2.00. The van der Waals surface area contributed by atoms with Crippen LogP contribution in [0.4, 0.5) is 0 Å². The summed E-state index contributed by atoms with van der Waals surface area (Å²) in [6.45, 7) is 5.29. The molecule has 0 aliphatic carbocycles. The predicted octanol–water partition coefficient (Wildman–Crippen LogP) is 0.289. The number of carbonyl (C=O) groups excluding carboxylic acids is 1. The van der Waals surface area contributed by atoms with Gasteiger partial charge in [0.2, 0.25) is 5.91 Å². The molecule has 0 N–H and O–H groups in total. The predicted molar refractivity (Wildman–Crippen MR) is 52.8 cm³/mol. The van der Waals surface area contributed by atoms with Gasteiger partial charge in [0.1, 0.15) is 0 Å². The van der Waals surface area contributed by atoms with Crippen molar-refractivity contribution >= 4 is 5.91 Å². The van der Waals surface area contributed by atoms with E-state index in [2.05, 4.69) is 4.90 Å². The lowest BCUT2D eigenvalue weighted by atomic mass is 10.1. The van der Waals surface area contributed by atoms with Gasteiger partial charge >= 0.3 is 0 Å². The Balaban J connectivity index is 1.79. The van der Waals surface area contributed by atoms with E-state index in [0.717, 1.165) is 58.8 Å². The minimum Gasteiger partial charge on any atom is -0.379 e. The van der Waals surface area contributed by atoms with Crippen molar-refractivity contribution in [3.05, 3.63) is 0 Å². The number of morpholine rings is 1. The monoisotopic (exact) mass is 198 g/mol. The lowest BCUT2D eigenvalue weighted by Gasteiger charge is -2.34. The van der Waals surface area contributed by atoms with Gasteiger partial charge in [-0.3, -0.25) is 9.69 Å². The van der Waals surface area contributed by atoms with Gasteiger partial charge in [-0.15, -0.1) is 0 Å². The van der Waals surface area contributed by atoms with Crippen molar-refractivity contribution in [2.45, 2.75) is 19.3 Å². The zero-order valence-corrected chi connectivity index (χ0v) is 8.57. The molecule has 80 valence electrons. The first-order valence-corrected chi connectivity index (χ1v) is 5.44. The van der Waals surface area contributed by atoms with E-state index in [4.69, 9.17) is 4.74 Å². The Kier molecular flexibility index (Phi) is 3.37. The van der Waals surface area contributed by atoms with Crippen molar-refractivity contribution in [2.75, 3.05) is 39.5 Å². The molecule has 2 saturated heterocycles. The summed E-state index contributed by atoms with van der Waals surface area (Å²) in [5, 5.41) is 0. The largest absolute Gasteiger partial charge is 0.379 e. The molecule has 0 aromatic carbocycles. The van der Waals surface area contributed by atoms with Crippen LogP contribution in [0.2, 0.25) is 0 Å². The maximum Gasteiger partial charge on any atom is 0.223 e. The smallest absolute Gasteiger partial charge is 0.223 e. The molecule has 2 aliphatic heterocycles. The summed E-state index contributed by atoms with van der Waals surface area (Å²) in [6.07, 6.45) is 2.97. The van der Waals surface area contributed by atoms with Crippen LogP contribution in [0.25, 0.3) is 0 Å². The highest BCUT2D eigenvalue weighted by Crippen LogP contribution is 2.11. The molecule has 1 amide bonds. The Labute approximate surface area is 84.8 Å². The summed E-state index contributed by atoms with van der Waals surface area (Å²) in [5.41, 5.74) is 0. The lowest BCUT2D eigenvalue weighted by Crippen LogP contribution is -2.47. The molecule has 2 heterocycles. The second-order valence-electron chi connectivity index (χ2n) is 3.99. The van der Waals surface area contributed by atoms with Crippen LogP contribution in [0.5, 0.6) is 0 Å². The van der Waals surface area contributed by atoms with Crippen LogP contribution in [-0.4, -0.2) is 55.2 Å². The Bertz CT molecular complexity index is 202. The van der Waals surface area contributed by atoms with E-state index in [1.54, 1.807) is 0 Å². The van der Waals surface area contributed by atoms with E-state index in [0.29, 0.717) is 5.91 Å². The standard InChI is InChI=1S/C10H18N2O2/c13-10-3-1-2-4-12(10)9-11-5-7-14-8-6-11/h1-9H2. The SMILES string of the molecule is O=C1CCCCN1CN1CCOCC1. The fourth-order valence-corrected chi connectivity index (χ4v) is 2.00. The average molecular weight is 198 g/mol. The van der Waals surface area contributed by atoms with Gasteiger partial charge in [-0.25, -0.2) is 0 Å². The third-order valence-corrected chi connectivity index (χ3v) is 2.90. The van der Waals surface area contributed by atoms with Gasteiger partial charge in [-0.05, 0) is 12.8 Å². The Morgan fingerprint density at radius 1 is 1.14 bits per heavy atom. The third-order valence-electron chi connectivity index (χ3n) is 2.90. The van der Waals surface area contributed by atoms with Gasteiger partial charge in [0.15, 0.2) is 0 Å². The van der Waals surface area contributed by atoms with Gasteiger partial charge in [0.25, 0.3) is 0 Å². The molecule has 14 heavy (non-hydrogen) atoms. The molecule has 0 saturated carbocycles. The first-order valence-electron chi connectivity index (χ1n) is 5.44. The fraction of sp³-hybridized carbons (Fsp3) is 0.900. The lowest BCUT2D eigenvalue weighted by molar-refractivity contribution is -0.136. The van der Waals surface area contributed by atoms with Crippen LogP contribution < -0.4 is 0 Å². The summed E-state index contributed by atoms with van der Waals surface area (Å²) < 4.78 is 5.27. The van der Waals surface area contributed by atoms with E-state index in [9.17, 15) is 4.79 Å². The molecular formula is C10H18N2O2. The van der Waals surface area contributed by atoms with Crippen molar-refractivity contribution in [3.63, 3.8) is 0 Å². The zero-order valence-electron chi connectivity index (χ0n) is 8.57. The topological polar surface area (TPSA) is 32.8 Å². The van der Waals surface area contributed by atoms with Crippen molar-refractivity contribution in [2.24, 2.45) is 0 Å². The van der Waals surface area contributed by atoms with Gasteiger partial charge < -0.3 is 9.64 Å². The van der Waals surface area contributed by atoms with Crippen LogP contribution in [-0.2, 0) is 9.53 Å². The number of piperidine rings is 1. The highest BCUT2D eigenvalue weighted by atomic mass is 16.5. The molecule has 0 aromatic rings. The Hall–Kier alpha value is -0.610. The summed E-state index contributed by atoms with van der Waals surface area (Å²) in [4.78, 5) is 15.8. The average Bonchev–Trinajstić information content (AvgIpc) is 2.23. The van der Waals surface area contributed by atoms with Gasteiger partial charge in [0, 0.05) is 26.1 Å². The molecule has 4 nitrogen and oxygen atoms in total. The molecule has 2 rings (SSSR count). The van der Waals surface area contributed by atoms with E-state index in [-0.39, 0.29) is 0 Å². The second kappa shape index (κ2) is 4.75. The quantitative estimate of drug-likeness (QED) is 0.639. The van der Waals surface area contributed by atoms with E-state index in [1.165, 1.54) is 0 Å². The number of likely N-dealkylation sites (tertiary alicyclic amines) is 1. The van der Waals surface area contributed by atoms with Crippen LogP contribution in [0.15, 0.2) is 0 Å². The number of rotatable bonds is 2. The molecule has 0 unspecified atom stereocenters. The van der Waals surface area contributed by atoms with Gasteiger partial charge in [-0.2, -0.15) is 0 Å². The zero-order chi connectivity index (χ0) is 9.80. The van der Waals surface area contributed by atoms with Crippen LogP contribution in [0, 0.1) is 0 Å². The second-order valence-corrected chi connectivity index (χ2v) is 3.99. The van der Waals surface area contributed by atoms with Crippen LogP contribution in [0.3, 0.4) is 0 Å². The van der Waals surface area contributed by atoms with E-state index < -0.39 is 0 Å². The number of carbonyl (C=O) groups is 1. The van der Waals surface area contributed by atoms with Crippen molar-refractivity contribution in [3.8, 4) is 0 Å². The van der Waals surface area contributed by atoms with Gasteiger partial charge in [0.05, 0.1) is 19.9 Å². The van der Waals surface area contributed by atoms with E-state index in [1.807, 2.05) is 4.90 Å². The van der Waals surface area contributed by atoms with Crippen LogP contribution >= 0.6 is 0 Å². The molecular weight excluding hydrogens is 180 g/mol. The first-order chi connectivity index (χ1) is 6.86. The van der Waals surface area contributed by atoms with Crippen molar-refractivity contribution in [1.82, 2.24) is 9.80 Å². The summed E-state index contributed by atoms with van der Waals surface area (Å²) in [5.74, 6) is 0.322. The number of nitrogens with zero attached hydrogens (tertiary/aromatic N) is 2. The molecule has 0 atom stereocenters. The third kappa shape index (κ3) is 2.45. The van der Waals surface area contributed by atoms with Crippen LogP contribution in [0.1, 0.15) is 19.3 Å². The highest BCUT2D eigenvalue weighted by molar-refractivity contribution is 5.76. The number of ether oxygens (including phenoxy) is 1. The number of hydrogen-bond donors (Lipinski definition) is 0. The maximum absolute atomic E-state index is 11.5. The van der Waals surface area contributed by atoms with Crippen molar-refractivity contribution < 1.29 is 9.53 Å². The van der Waals surface area contributed by atoms with Gasteiger partial charge in [-0.1, -0.05) is 0 Å². The molecule has 0 aromatic heterocycles. The number of hydrogen-bond acceptors (Lipinski definition) is 3. The Morgan fingerprint density at radius 2 is 1.93 bits per heavy atom. The molecule has 2 fully saturated rings. The first kappa shape index (κ1) is 9.93. The summed E-state index contributed by atoms with van der Waals surface area (Å²) in [6, 6.07) is 0. The summed E-state index contributed by atoms with van der Waals surface area (Å²) in [7, 11) is 0. The van der Waals surface area contributed by atoms with Crippen molar-refractivity contribution in [1.29, 1.82) is 0 Å². The van der Waals surface area contributed by atoms with E-state index >= 15 is 0 Å². The summed E-state index contributed by atoms with van der Waals surface area (Å²) >= 11 is 0. The Morgan fingerprint density at radius 3 is 2.64 bits per heavy atom.